The summed E-state index contributed by atoms with van der Waals surface area (Å²) in [5.74, 6) is 0.715. The molecule has 2 rings (SSSR count). The van der Waals surface area contributed by atoms with Gasteiger partial charge in [0.1, 0.15) is 12.3 Å². The highest BCUT2D eigenvalue weighted by Crippen LogP contribution is 2.15. The molecule has 0 bridgehead atoms. The molecular weight excluding hydrogens is 254 g/mol. The zero-order valence-corrected chi connectivity index (χ0v) is 11.7. The average Bonchev–Trinajstić information content (AvgIpc) is 2.87. The summed E-state index contributed by atoms with van der Waals surface area (Å²) in [6, 6.07) is 9.27. The quantitative estimate of drug-likeness (QED) is 0.844. The van der Waals surface area contributed by atoms with Gasteiger partial charge in [0.25, 0.3) is 0 Å². The maximum absolute atomic E-state index is 11.9. The summed E-state index contributed by atoms with van der Waals surface area (Å²) in [7, 11) is 3.51. The van der Waals surface area contributed by atoms with Gasteiger partial charge in [-0.25, -0.2) is 0 Å². The van der Waals surface area contributed by atoms with Gasteiger partial charge in [-0.3, -0.25) is 4.79 Å². The largest absolute Gasteiger partial charge is 0.497 e. The molecule has 0 saturated carbocycles. The SMILES string of the molecule is CNCc1ccn(CC(=O)Nc2ccc(OC)cc2)c1. The van der Waals surface area contributed by atoms with E-state index < -0.39 is 0 Å². The number of aromatic nitrogens is 1. The van der Waals surface area contributed by atoms with Crippen LogP contribution < -0.4 is 15.4 Å². The summed E-state index contributed by atoms with van der Waals surface area (Å²) < 4.78 is 6.94. The van der Waals surface area contributed by atoms with Crippen molar-refractivity contribution in [3.05, 3.63) is 48.3 Å². The van der Waals surface area contributed by atoms with Crippen molar-refractivity contribution in [1.29, 1.82) is 0 Å². The summed E-state index contributed by atoms with van der Waals surface area (Å²) >= 11 is 0. The van der Waals surface area contributed by atoms with Crippen molar-refractivity contribution in [2.75, 3.05) is 19.5 Å². The van der Waals surface area contributed by atoms with Crippen LogP contribution in [-0.2, 0) is 17.9 Å². The summed E-state index contributed by atoms with van der Waals surface area (Å²) in [5, 5.41) is 5.93. The Labute approximate surface area is 118 Å². The zero-order chi connectivity index (χ0) is 14.4. The Morgan fingerprint density at radius 2 is 2.00 bits per heavy atom. The van der Waals surface area contributed by atoms with Crippen molar-refractivity contribution >= 4 is 11.6 Å². The van der Waals surface area contributed by atoms with Crippen molar-refractivity contribution in [2.24, 2.45) is 0 Å². The molecule has 2 N–H and O–H groups in total. The third-order valence-electron chi connectivity index (χ3n) is 2.89. The van der Waals surface area contributed by atoms with Crippen LogP contribution in [0, 0.1) is 0 Å². The van der Waals surface area contributed by atoms with E-state index >= 15 is 0 Å². The number of anilines is 1. The molecule has 0 radical (unpaired) electrons. The smallest absolute Gasteiger partial charge is 0.244 e. The van der Waals surface area contributed by atoms with Gasteiger partial charge in [0.2, 0.25) is 5.91 Å². The normalized spacial score (nSPS) is 10.3. The van der Waals surface area contributed by atoms with Crippen LogP contribution in [-0.4, -0.2) is 24.6 Å². The van der Waals surface area contributed by atoms with E-state index in [-0.39, 0.29) is 5.91 Å². The molecule has 0 spiro atoms. The fourth-order valence-corrected chi connectivity index (χ4v) is 1.94. The fraction of sp³-hybridized carbons (Fsp3) is 0.267. The van der Waals surface area contributed by atoms with Crippen molar-refractivity contribution in [2.45, 2.75) is 13.1 Å². The molecular formula is C15H19N3O2. The molecule has 1 heterocycles. The van der Waals surface area contributed by atoms with Crippen LogP contribution in [0.25, 0.3) is 0 Å². The Balaban J connectivity index is 1.90. The van der Waals surface area contributed by atoms with E-state index in [0.717, 1.165) is 23.5 Å². The molecule has 5 heteroatoms. The highest BCUT2D eigenvalue weighted by atomic mass is 16.5. The van der Waals surface area contributed by atoms with Crippen LogP contribution in [0.1, 0.15) is 5.56 Å². The maximum atomic E-state index is 11.9. The van der Waals surface area contributed by atoms with Crippen LogP contribution in [0.3, 0.4) is 0 Å². The second kappa shape index (κ2) is 6.77. The molecule has 0 unspecified atom stereocenters. The van der Waals surface area contributed by atoms with Crippen molar-refractivity contribution < 1.29 is 9.53 Å². The van der Waals surface area contributed by atoms with E-state index in [1.165, 1.54) is 0 Å². The van der Waals surface area contributed by atoms with E-state index in [1.807, 2.05) is 54.3 Å². The lowest BCUT2D eigenvalue weighted by Crippen LogP contribution is -2.17. The molecule has 0 aliphatic heterocycles. The number of nitrogens with one attached hydrogen (secondary N) is 2. The van der Waals surface area contributed by atoms with Gasteiger partial charge in [-0.2, -0.15) is 0 Å². The Morgan fingerprint density at radius 3 is 2.65 bits per heavy atom. The first-order chi connectivity index (χ1) is 9.71. The highest BCUT2D eigenvalue weighted by molar-refractivity contribution is 5.90. The third-order valence-corrected chi connectivity index (χ3v) is 2.89. The molecule has 2 aromatic rings. The van der Waals surface area contributed by atoms with Crippen LogP contribution in [0.5, 0.6) is 5.75 Å². The molecule has 0 saturated heterocycles. The molecule has 1 aromatic heterocycles. The van der Waals surface area contributed by atoms with E-state index in [0.29, 0.717) is 6.54 Å². The summed E-state index contributed by atoms with van der Waals surface area (Å²) in [6.07, 6.45) is 3.87. The van der Waals surface area contributed by atoms with Gasteiger partial charge in [0.05, 0.1) is 7.11 Å². The van der Waals surface area contributed by atoms with Gasteiger partial charge in [-0.05, 0) is 42.9 Å². The monoisotopic (exact) mass is 273 g/mol. The molecule has 1 amide bonds. The number of nitrogens with zero attached hydrogens (tertiary/aromatic N) is 1. The minimum absolute atomic E-state index is 0.0539. The number of methoxy groups -OCH3 is 1. The first kappa shape index (κ1) is 14.1. The molecule has 20 heavy (non-hydrogen) atoms. The Hall–Kier alpha value is -2.27. The predicted molar refractivity (Wildman–Crippen MR) is 78.8 cm³/mol. The molecule has 0 aliphatic carbocycles. The van der Waals surface area contributed by atoms with Gasteiger partial charge in [-0.1, -0.05) is 0 Å². The first-order valence-electron chi connectivity index (χ1n) is 6.44. The van der Waals surface area contributed by atoms with E-state index in [1.54, 1.807) is 7.11 Å². The lowest BCUT2D eigenvalue weighted by molar-refractivity contribution is -0.116. The third kappa shape index (κ3) is 3.86. The second-order valence-electron chi connectivity index (χ2n) is 4.50. The van der Waals surface area contributed by atoms with E-state index in [4.69, 9.17) is 4.74 Å². The standard InChI is InChI=1S/C15H19N3O2/c1-16-9-12-7-8-18(10-12)11-15(19)17-13-3-5-14(20-2)6-4-13/h3-8,10,16H,9,11H2,1-2H3,(H,17,19). The van der Waals surface area contributed by atoms with E-state index in [9.17, 15) is 4.79 Å². The van der Waals surface area contributed by atoms with Crippen LogP contribution >= 0.6 is 0 Å². The molecule has 0 fully saturated rings. The second-order valence-corrected chi connectivity index (χ2v) is 4.50. The number of hydrogen-bond donors (Lipinski definition) is 2. The number of carbonyl (C=O) groups excluding carboxylic acids is 1. The molecule has 1 aromatic carbocycles. The van der Waals surface area contributed by atoms with Gasteiger partial charge in [0.15, 0.2) is 0 Å². The van der Waals surface area contributed by atoms with Crippen LogP contribution in [0.15, 0.2) is 42.7 Å². The Morgan fingerprint density at radius 1 is 1.25 bits per heavy atom. The fourth-order valence-electron chi connectivity index (χ4n) is 1.94. The Kier molecular flexibility index (Phi) is 4.79. The number of hydrogen-bond acceptors (Lipinski definition) is 3. The predicted octanol–water partition coefficient (Wildman–Crippen LogP) is 1.85. The number of ether oxygens (including phenoxy) is 1. The molecule has 106 valence electrons. The number of amides is 1. The lowest BCUT2D eigenvalue weighted by Gasteiger charge is -2.07. The van der Waals surface area contributed by atoms with Gasteiger partial charge in [-0.15, -0.1) is 0 Å². The number of carbonyl (C=O) groups is 1. The minimum atomic E-state index is -0.0539. The topological polar surface area (TPSA) is 55.3 Å². The highest BCUT2D eigenvalue weighted by Gasteiger charge is 2.04. The van der Waals surface area contributed by atoms with Crippen molar-refractivity contribution in [1.82, 2.24) is 9.88 Å². The average molecular weight is 273 g/mol. The molecule has 0 atom stereocenters. The number of rotatable bonds is 6. The van der Waals surface area contributed by atoms with Crippen molar-refractivity contribution in [3.63, 3.8) is 0 Å². The Bertz CT molecular complexity index is 561. The van der Waals surface area contributed by atoms with Gasteiger partial charge < -0.3 is 19.9 Å². The zero-order valence-electron chi connectivity index (χ0n) is 11.7. The van der Waals surface area contributed by atoms with Crippen LogP contribution in [0.2, 0.25) is 0 Å². The summed E-state index contributed by atoms with van der Waals surface area (Å²) in [4.78, 5) is 11.9. The first-order valence-corrected chi connectivity index (χ1v) is 6.44. The van der Waals surface area contributed by atoms with Crippen molar-refractivity contribution in [3.8, 4) is 5.75 Å². The van der Waals surface area contributed by atoms with Gasteiger partial charge >= 0.3 is 0 Å². The lowest BCUT2D eigenvalue weighted by atomic mass is 10.3. The summed E-state index contributed by atoms with van der Waals surface area (Å²) in [5.41, 5.74) is 1.92. The number of benzene rings is 1. The van der Waals surface area contributed by atoms with Gasteiger partial charge in [0, 0.05) is 24.6 Å². The maximum Gasteiger partial charge on any atom is 0.244 e. The molecule has 0 aliphatic rings. The summed E-state index contributed by atoms with van der Waals surface area (Å²) in [6.45, 7) is 1.10. The van der Waals surface area contributed by atoms with Crippen LogP contribution in [0.4, 0.5) is 5.69 Å². The minimum Gasteiger partial charge on any atom is -0.497 e. The van der Waals surface area contributed by atoms with E-state index in [2.05, 4.69) is 10.6 Å². The molecule has 5 nitrogen and oxygen atoms in total.